The van der Waals surface area contributed by atoms with E-state index < -0.39 is 0 Å². The van der Waals surface area contributed by atoms with Crippen LogP contribution in [0.3, 0.4) is 0 Å². The van der Waals surface area contributed by atoms with Gasteiger partial charge >= 0.3 is 37.7 Å². The first-order valence-corrected chi connectivity index (χ1v) is 0. The second-order valence-electron chi connectivity index (χ2n) is 0. The first-order chi connectivity index (χ1) is 0. The Bertz CT molecular complexity index is 17.7. The molecule has 36 valence electrons. The van der Waals surface area contributed by atoms with Crippen molar-refractivity contribution in [2.45, 2.75) is 0 Å². The standard InChI is InChI=1S/Ca.Co.Ni.H4Si.V.2H/h;;;1H4;;;/q+2;;;;;2*-1. The summed E-state index contributed by atoms with van der Waals surface area (Å²) in [7, 11) is 0. The minimum absolute atomic E-state index is 0. The van der Waals surface area contributed by atoms with Crippen molar-refractivity contribution in [1.82, 2.24) is 0 Å². The molecule has 2 radical (unpaired) electrons. The van der Waals surface area contributed by atoms with Crippen LogP contribution in [0.15, 0.2) is 0 Å². The van der Waals surface area contributed by atoms with Crippen LogP contribution in [0.5, 0.6) is 0 Å². The molecule has 5 heavy (non-hydrogen) atoms. The van der Waals surface area contributed by atoms with Crippen molar-refractivity contribution in [2.24, 2.45) is 0 Å². The molecule has 0 aliphatic heterocycles. The quantitative estimate of drug-likeness (QED) is 0.449. The molecule has 0 N–H and O–H groups in total. The zero-order chi connectivity index (χ0) is 0. The molecule has 0 aliphatic carbocycles. The molecule has 0 aromatic carbocycles. The van der Waals surface area contributed by atoms with Gasteiger partial charge < -0.3 is 2.85 Å². The summed E-state index contributed by atoms with van der Waals surface area (Å²) in [5.74, 6) is 0. The van der Waals surface area contributed by atoms with E-state index in [1.54, 1.807) is 0 Å². The molecule has 0 heterocycles. The summed E-state index contributed by atoms with van der Waals surface area (Å²) in [4.78, 5) is 0. The molecule has 0 saturated carbocycles. The molecule has 5 heteroatoms. The van der Waals surface area contributed by atoms with E-state index in [0.29, 0.717) is 0 Å². The Balaban J connectivity index is 0. The zero-order valence-electron chi connectivity index (χ0n) is 3.80. The Morgan fingerprint density at radius 2 is 1.20 bits per heavy atom. The minimum atomic E-state index is 0. The van der Waals surface area contributed by atoms with E-state index in [4.69, 9.17) is 0 Å². The average Bonchev–Trinajstić information content (AvgIpc) is 0. The van der Waals surface area contributed by atoms with Crippen LogP contribution in [-0.4, -0.2) is 48.7 Å². The van der Waals surface area contributed by atoms with Crippen LogP contribution in [0.2, 0.25) is 0 Å². The van der Waals surface area contributed by atoms with E-state index in [0.717, 1.165) is 0 Å². The summed E-state index contributed by atoms with van der Waals surface area (Å²) in [5, 5.41) is 0. The Kier molecular flexibility index (Phi) is 237. The molecule has 0 atom stereocenters. The molecule has 0 bridgehead atoms. The van der Waals surface area contributed by atoms with Gasteiger partial charge in [0, 0.05) is 51.8 Å². The third-order valence-corrected chi connectivity index (χ3v) is 0. The van der Waals surface area contributed by atoms with Crippen molar-refractivity contribution in [1.29, 1.82) is 0 Å². The van der Waals surface area contributed by atoms with Crippen LogP contribution in [0.25, 0.3) is 0 Å². The maximum absolute atomic E-state index is 0. The summed E-state index contributed by atoms with van der Waals surface area (Å²) >= 11 is 0. The van der Waals surface area contributed by atoms with Crippen molar-refractivity contribution in [2.75, 3.05) is 0 Å². The molecule has 0 aromatic rings. The monoisotopic (exact) mass is 242 g/mol. The average molecular weight is 243 g/mol. The van der Waals surface area contributed by atoms with Gasteiger partial charge in [0.2, 0.25) is 0 Å². The Hall–Kier alpha value is 3.06. The predicted octanol–water partition coefficient (Wildman–Crippen LogP) is -1.61. The minimum Gasteiger partial charge on any atom is -1.00 e. The molecule has 0 amide bonds. The number of hydrogen-bond acceptors (Lipinski definition) is 0. The molecule has 0 aliphatic rings. The Labute approximate surface area is 102 Å². The van der Waals surface area contributed by atoms with Gasteiger partial charge in [0.1, 0.15) is 0 Å². The fourth-order valence-corrected chi connectivity index (χ4v) is 0. The second-order valence-corrected chi connectivity index (χ2v) is 0. The SMILES string of the molecule is [Ca+2].[Co].[H-].[H-].[Ni].[SiH4].[V]. The van der Waals surface area contributed by atoms with Gasteiger partial charge in [-0.1, -0.05) is 0 Å². The molecule has 0 unspecified atom stereocenters. The molecule has 0 saturated heterocycles. The maximum Gasteiger partial charge on any atom is 2.00 e. The third kappa shape index (κ3) is 19.3. The second kappa shape index (κ2) is 27.7. The van der Waals surface area contributed by atoms with Gasteiger partial charge in [0.25, 0.3) is 0 Å². The molecule has 0 spiro atoms. The fraction of sp³-hybridized carbons (Fsp3) is 0. The Morgan fingerprint density at radius 3 is 1.20 bits per heavy atom. The summed E-state index contributed by atoms with van der Waals surface area (Å²) in [5.41, 5.74) is 0. The molecular formula is H6CaCoNiSiV. The first-order valence-electron chi connectivity index (χ1n) is 0. The largest absolute Gasteiger partial charge is 2.00 e. The Morgan fingerprint density at radius 1 is 1.20 bits per heavy atom. The van der Waals surface area contributed by atoms with Gasteiger partial charge in [-0.2, -0.15) is 0 Å². The van der Waals surface area contributed by atoms with E-state index in [9.17, 15) is 0 Å². The van der Waals surface area contributed by atoms with Crippen molar-refractivity contribution >= 4 is 48.7 Å². The zero-order valence-corrected chi connectivity index (χ0v) is 7.44. The molecule has 0 nitrogen and oxygen atoms in total. The van der Waals surface area contributed by atoms with Gasteiger partial charge in [-0.05, 0) is 11.0 Å². The summed E-state index contributed by atoms with van der Waals surface area (Å²) in [6.07, 6.45) is 0. The van der Waals surface area contributed by atoms with Crippen LogP contribution >= 0.6 is 0 Å². The normalized spacial score (nSPS) is 0. The van der Waals surface area contributed by atoms with E-state index in [2.05, 4.69) is 0 Å². The van der Waals surface area contributed by atoms with E-state index in [1.165, 1.54) is 0 Å². The van der Waals surface area contributed by atoms with Crippen LogP contribution < -0.4 is 0 Å². The van der Waals surface area contributed by atoms with Crippen LogP contribution in [-0.2, 0) is 51.8 Å². The van der Waals surface area contributed by atoms with Crippen molar-refractivity contribution in [3.05, 3.63) is 0 Å². The van der Waals surface area contributed by atoms with Crippen molar-refractivity contribution in [3.8, 4) is 0 Å². The van der Waals surface area contributed by atoms with Gasteiger partial charge in [0.15, 0.2) is 0 Å². The summed E-state index contributed by atoms with van der Waals surface area (Å²) < 4.78 is 0. The fourth-order valence-electron chi connectivity index (χ4n) is 0. The van der Waals surface area contributed by atoms with Crippen LogP contribution in [0, 0.1) is 0 Å². The topological polar surface area (TPSA) is 0 Å². The predicted molar refractivity (Wildman–Crippen MR) is 19.3 cm³/mol. The van der Waals surface area contributed by atoms with Gasteiger partial charge in [0.05, 0.1) is 0 Å². The molecule has 0 rings (SSSR count). The van der Waals surface area contributed by atoms with Gasteiger partial charge in [-0.3, -0.25) is 0 Å². The van der Waals surface area contributed by atoms with Crippen molar-refractivity contribution in [3.63, 3.8) is 0 Å². The molecule has 0 aromatic heterocycles. The van der Waals surface area contributed by atoms with Crippen molar-refractivity contribution < 1.29 is 54.7 Å². The van der Waals surface area contributed by atoms with Gasteiger partial charge in [-0.15, -0.1) is 0 Å². The molecule has 0 fully saturated rings. The van der Waals surface area contributed by atoms with Crippen LogP contribution in [0.4, 0.5) is 0 Å². The van der Waals surface area contributed by atoms with Gasteiger partial charge in [-0.25, -0.2) is 0 Å². The maximum atomic E-state index is 0. The molecular weight excluding hydrogens is 237 g/mol. The first kappa shape index (κ1) is 42.9. The van der Waals surface area contributed by atoms with E-state index in [1.807, 2.05) is 0 Å². The van der Waals surface area contributed by atoms with E-state index in [-0.39, 0.29) is 103 Å². The summed E-state index contributed by atoms with van der Waals surface area (Å²) in [6.45, 7) is 0. The van der Waals surface area contributed by atoms with E-state index >= 15 is 0 Å². The summed E-state index contributed by atoms with van der Waals surface area (Å²) in [6, 6.07) is 0. The number of rotatable bonds is 0. The van der Waals surface area contributed by atoms with Crippen LogP contribution in [0.1, 0.15) is 2.85 Å². The third-order valence-electron chi connectivity index (χ3n) is 0. The number of hydrogen-bond donors (Lipinski definition) is 0. The smallest absolute Gasteiger partial charge is 1.00 e.